The second-order valence-electron chi connectivity index (χ2n) is 6.99. The number of carbonyl (C=O) groups is 1. The Balaban J connectivity index is 1.56. The van der Waals surface area contributed by atoms with Gasteiger partial charge in [-0.2, -0.15) is 13.2 Å². The maximum absolute atomic E-state index is 12.6. The van der Waals surface area contributed by atoms with Crippen LogP contribution in [-0.4, -0.2) is 57.2 Å². The van der Waals surface area contributed by atoms with Gasteiger partial charge in [0, 0.05) is 31.0 Å². The lowest BCUT2D eigenvalue weighted by Crippen LogP contribution is -2.36. The molecule has 3 rings (SSSR count). The fourth-order valence-electron chi connectivity index (χ4n) is 3.07. The summed E-state index contributed by atoms with van der Waals surface area (Å²) >= 11 is 6.26. The zero-order valence-corrected chi connectivity index (χ0v) is 17.0. The molecule has 1 atom stereocenters. The third-order valence-electron chi connectivity index (χ3n) is 4.74. The summed E-state index contributed by atoms with van der Waals surface area (Å²) in [6.45, 7) is 0.634. The van der Waals surface area contributed by atoms with Crippen molar-refractivity contribution in [1.82, 2.24) is 14.9 Å². The lowest BCUT2D eigenvalue weighted by molar-refractivity contribution is -0.137. The monoisotopic (exact) mass is 456 g/mol. The van der Waals surface area contributed by atoms with Crippen molar-refractivity contribution in [3.63, 3.8) is 0 Å². The maximum Gasteiger partial charge on any atom is 0.417 e. The van der Waals surface area contributed by atoms with Crippen molar-refractivity contribution in [2.45, 2.75) is 18.7 Å². The van der Waals surface area contributed by atoms with Crippen LogP contribution in [0.2, 0.25) is 5.02 Å². The van der Waals surface area contributed by atoms with Gasteiger partial charge in [0.05, 0.1) is 29.4 Å². The van der Waals surface area contributed by atoms with E-state index in [2.05, 4.69) is 15.3 Å². The number of hydrogen-bond donors (Lipinski definition) is 3. The van der Waals surface area contributed by atoms with Crippen LogP contribution in [0, 0.1) is 0 Å². The van der Waals surface area contributed by atoms with Crippen molar-refractivity contribution in [3.05, 3.63) is 58.5 Å². The minimum atomic E-state index is -4.48. The van der Waals surface area contributed by atoms with E-state index < -0.39 is 24.5 Å². The number of aromatic nitrogens is 2. The summed E-state index contributed by atoms with van der Waals surface area (Å²) in [6, 6.07) is 3.53. The normalized spacial score (nSPS) is 16.0. The molecule has 0 aromatic carbocycles. The number of alkyl halides is 3. The second-order valence-corrected chi connectivity index (χ2v) is 7.40. The van der Waals surface area contributed by atoms with E-state index in [1.165, 1.54) is 6.20 Å². The Labute approximate surface area is 181 Å². The van der Waals surface area contributed by atoms with Crippen molar-refractivity contribution < 1.29 is 28.2 Å². The van der Waals surface area contributed by atoms with Gasteiger partial charge in [0.25, 0.3) is 0 Å². The van der Waals surface area contributed by atoms with Gasteiger partial charge in [0.1, 0.15) is 11.9 Å². The van der Waals surface area contributed by atoms with Crippen LogP contribution in [-0.2, 0) is 11.0 Å². The van der Waals surface area contributed by atoms with Crippen LogP contribution in [0.5, 0.6) is 0 Å². The first-order valence-electron chi connectivity index (χ1n) is 9.36. The van der Waals surface area contributed by atoms with Gasteiger partial charge in [-0.25, -0.2) is 4.98 Å². The van der Waals surface area contributed by atoms with Crippen molar-refractivity contribution >= 4 is 28.9 Å². The molecular weight excluding hydrogens is 437 g/mol. The first-order chi connectivity index (χ1) is 14.7. The van der Waals surface area contributed by atoms with Gasteiger partial charge < -0.3 is 15.5 Å². The Morgan fingerprint density at radius 3 is 2.61 bits per heavy atom. The molecule has 0 radical (unpaired) electrons. The molecule has 7 nitrogen and oxygen atoms in total. The molecule has 1 aliphatic heterocycles. The van der Waals surface area contributed by atoms with Gasteiger partial charge in [-0.05, 0) is 30.2 Å². The molecule has 2 aromatic rings. The average molecular weight is 457 g/mol. The van der Waals surface area contributed by atoms with Crippen LogP contribution in [0.25, 0.3) is 5.57 Å². The quantitative estimate of drug-likeness (QED) is 0.618. The lowest BCUT2D eigenvalue weighted by atomic mass is 10.0. The highest BCUT2D eigenvalue weighted by Gasteiger charge is 2.30. The molecule has 0 saturated carbocycles. The Morgan fingerprint density at radius 2 is 2.06 bits per heavy atom. The highest BCUT2D eigenvalue weighted by atomic mass is 35.5. The Bertz CT molecular complexity index is 967. The summed E-state index contributed by atoms with van der Waals surface area (Å²) < 4.78 is 37.7. The van der Waals surface area contributed by atoms with Crippen molar-refractivity contribution in [1.29, 1.82) is 0 Å². The number of amides is 1. The number of aliphatic hydroxyl groups is 2. The number of halogens is 4. The van der Waals surface area contributed by atoms with Crippen molar-refractivity contribution in [3.8, 4) is 0 Å². The molecular formula is C20H20ClF3N4O3. The molecule has 166 valence electrons. The summed E-state index contributed by atoms with van der Waals surface area (Å²) in [6.07, 6.45) is -0.923. The molecule has 3 N–H and O–H groups in total. The van der Waals surface area contributed by atoms with E-state index in [1.54, 1.807) is 6.07 Å². The number of hydrogen-bond acceptors (Lipinski definition) is 6. The van der Waals surface area contributed by atoms with Gasteiger partial charge in [-0.1, -0.05) is 17.7 Å². The second kappa shape index (κ2) is 9.73. The topological polar surface area (TPSA) is 98.6 Å². The number of carbonyl (C=O) groups excluding carboxylic acids is 1. The van der Waals surface area contributed by atoms with E-state index in [9.17, 15) is 23.1 Å². The van der Waals surface area contributed by atoms with Gasteiger partial charge in [-0.15, -0.1) is 0 Å². The first kappa shape index (κ1) is 23.1. The van der Waals surface area contributed by atoms with Gasteiger partial charge in [-0.3, -0.25) is 14.7 Å². The number of anilines is 1. The maximum atomic E-state index is 12.6. The van der Waals surface area contributed by atoms with E-state index in [4.69, 9.17) is 16.7 Å². The Kier molecular flexibility index (Phi) is 7.26. The molecule has 0 fully saturated rings. The minimum Gasteiger partial charge on any atom is -0.393 e. The highest BCUT2D eigenvalue weighted by molar-refractivity contribution is 6.32. The Hall–Kier alpha value is -2.53. The van der Waals surface area contributed by atoms with Gasteiger partial charge in [0.2, 0.25) is 5.91 Å². The van der Waals surface area contributed by atoms with E-state index in [1.807, 2.05) is 11.0 Å². The summed E-state index contributed by atoms with van der Waals surface area (Å²) in [5.74, 6) is -0.338. The number of pyridine rings is 2. The van der Waals surface area contributed by atoms with Crippen molar-refractivity contribution in [2.24, 2.45) is 0 Å². The zero-order chi connectivity index (χ0) is 22.6. The molecule has 0 saturated heterocycles. The van der Waals surface area contributed by atoms with E-state index in [0.29, 0.717) is 42.0 Å². The largest absolute Gasteiger partial charge is 0.417 e. The van der Waals surface area contributed by atoms with E-state index in [-0.39, 0.29) is 18.3 Å². The minimum absolute atomic E-state index is 0.0485. The van der Waals surface area contributed by atoms with E-state index in [0.717, 1.165) is 17.7 Å². The Morgan fingerprint density at radius 1 is 1.29 bits per heavy atom. The molecule has 1 aliphatic rings. The number of nitrogens with zero attached hydrogens (tertiary/aromatic N) is 3. The smallest absolute Gasteiger partial charge is 0.393 e. The van der Waals surface area contributed by atoms with E-state index >= 15 is 0 Å². The molecule has 3 heterocycles. The third-order valence-corrected chi connectivity index (χ3v) is 5.03. The van der Waals surface area contributed by atoms with Crippen LogP contribution in [0.1, 0.15) is 29.3 Å². The van der Waals surface area contributed by atoms with Gasteiger partial charge in [0.15, 0.2) is 0 Å². The molecule has 0 aliphatic carbocycles. The molecule has 0 bridgehead atoms. The lowest BCUT2D eigenvalue weighted by Gasteiger charge is -2.26. The summed E-state index contributed by atoms with van der Waals surface area (Å²) in [5.41, 5.74) is 1.01. The standard InChI is InChI=1S/C20H20ClF3N4O3/c21-15-7-13(16(30)11-29)8-26-19(15)12-3-5-28(6-4-12)10-18(31)27-17-2-1-14(9-25-17)20(22,23)24/h1-3,7-9,16,29-30H,4-6,10-11H2,(H,25,27,31)/t16-/m0/s1. The molecule has 11 heteroatoms. The average Bonchev–Trinajstić information content (AvgIpc) is 2.73. The number of rotatable bonds is 6. The summed E-state index contributed by atoms with van der Waals surface area (Å²) in [5, 5.41) is 21.5. The van der Waals surface area contributed by atoms with Gasteiger partial charge >= 0.3 is 6.18 Å². The zero-order valence-electron chi connectivity index (χ0n) is 16.2. The SMILES string of the molecule is O=C(CN1CC=C(c2ncc([C@@H](O)CO)cc2Cl)CC1)Nc1ccc(C(F)(F)F)cn1. The van der Waals surface area contributed by atoms with Crippen molar-refractivity contribution in [2.75, 3.05) is 31.6 Å². The first-order valence-corrected chi connectivity index (χ1v) is 9.74. The van der Waals surface area contributed by atoms with Crippen LogP contribution < -0.4 is 5.32 Å². The fraction of sp³-hybridized carbons (Fsp3) is 0.350. The molecule has 31 heavy (non-hydrogen) atoms. The number of aliphatic hydroxyl groups excluding tert-OH is 2. The molecule has 2 aromatic heterocycles. The van der Waals surface area contributed by atoms with Crippen LogP contribution in [0.15, 0.2) is 36.7 Å². The van der Waals surface area contributed by atoms with Crippen LogP contribution >= 0.6 is 11.6 Å². The fourth-order valence-corrected chi connectivity index (χ4v) is 3.36. The summed E-state index contributed by atoms with van der Waals surface area (Å²) in [7, 11) is 0. The molecule has 0 unspecified atom stereocenters. The predicted octanol–water partition coefficient (Wildman–Crippen LogP) is 2.90. The van der Waals surface area contributed by atoms with Crippen LogP contribution in [0.4, 0.5) is 19.0 Å². The summed E-state index contributed by atoms with van der Waals surface area (Å²) in [4.78, 5) is 22.0. The molecule has 0 spiro atoms. The van der Waals surface area contributed by atoms with Crippen LogP contribution in [0.3, 0.4) is 0 Å². The molecule has 1 amide bonds. The number of nitrogens with one attached hydrogen (secondary N) is 1. The third kappa shape index (κ3) is 6.01. The highest BCUT2D eigenvalue weighted by Crippen LogP contribution is 2.30. The predicted molar refractivity (Wildman–Crippen MR) is 108 cm³/mol.